The minimum atomic E-state index is 0.504. The fraction of sp³-hybridized carbons (Fsp3) is 0. The molecule has 0 spiro atoms. The SMILES string of the molecule is Clc1ccc(-c2nc(-c3ccccc3)[nH]c2-c2ccncc2)cc1Cl. The molecule has 25 heavy (non-hydrogen) atoms. The molecular formula is C20H13Cl2N3. The van der Waals surface area contributed by atoms with Gasteiger partial charge in [0.15, 0.2) is 0 Å². The third-order valence-electron chi connectivity index (χ3n) is 3.91. The maximum absolute atomic E-state index is 6.21. The largest absolute Gasteiger partial charge is 0.337 e. The van der Waals surface area contributed by atoms with E-state index in [9.17, 15) is 0 Å². The number of nitrogens with one attached hydrogen (secondary N) is 1. The van der Waals surface area contributed by atoms with Gasteiger partial charge in [-0.15, -0.1) is 0 Å². The summed E-state index contributed by atoms with van der Waals surface area (Å²) in [6.07, 6.45) is 3.52. The van der Waals surface area contributed by atoms with E-state index in [2.05, 4.69) is 9.97 Å². The summed E-state index contributed by atoms with van der Waals surface area (Å²) < 4.78 is 0. The molecular weight excluding hydrogens is 353 g/mol. The molecule has 0 bridgehead atoms. The summed E-state index contributed by atoms with van der Waals surface area (Å²) in [5, 5.41) is 1.03. The van der Waals surface area contributed by atoms with Gasteiger partial charge in [0.1, 0.15) is 5.82 Å². The van der Waals surface area contributed by atoms with Crippen LogP contribution in [0.5, 0.6) is 0 Å². The summed E-state index contributed by atoms with van der Waals surface area (Å²) in [6, 6.07) is 19.4. The molecule has 0 unspecified atom stereocenters. The van der Waals surface area contributed by atoms with Crippen LogP contribution in [0.3, 0.4) is 0 Å². The Kier molecular flexibility index (Phi) is 4.26. The molecule has 0 aliphatic heterocycles. The van der Waals surface area contributed by atoms with E-state index >= 15 is 0 Å². The van der Waals surface area contributed by atoms with E-state index in [1.54, 1.807) is 18.5 Å². The minimum Gasteiger partial charge on any atom is -0.337 e. The summed E-state index contributed by atoms with van der Waals surface area (Å²) in [5.41, 5.74) is 4.66. The van der Waals surface area contributed by atoms with Crippen molar-refractivity contribution >= 4 is 23.2 Å². The van der Waals surface area contributed by atoms with Crippen LogP contribution in [-0.4, -0.2) is 15.0 Å². The van der Waals surface area contributed by atoms with E-state index in [1.807, 2.05) is 54.6 Å². The van der Waals surface area contributed by atoms with Gasteiger partial charge in [-0.05, 0) is 24.3 Å². The van der Waals surface area contributed by atoms with Crippen LogP contribution in [0.1, 0.15) is 0 Å². The number of hydrogen-bond donors (Lipinski definition) is 1. The van der Waals surface area contributed by atoms with Gasteiger partial charge in [0, 0.05) is 29.1 Å². The molecule has 0 radical (unpaired) electrons. The highest BCUT2D eigenvalue weighted by atomic mass is 35.5. The first-order valence-corrected chi connectivity index (χ1v) is 8.49. The molecule has 4 rings (SSSR count). The standard InChI is InChI=1S/C20H13Cl2N3/c21-16-7-6-15(12-17(16)22)19-18(13-8-10-23-11-9-13)24-20(25-19)14-4-2-1-3-5-14/h1-12H,(H,24,25). The Labute approximate surface area is 155 Å². The highest BCUT2D eigenvalue weighted by Crippen LogP contribution is 2.35. The second-order valence-electron chi connectivity index (χ2n) is 5.54. The van der Waals surface area contributed by atoms with Crippen molar-refractivity contribution in [3.8, 4) is 33.9 Å². The predicted octanol–water partition coefficient (Wildman–Crippen LogP) is 6.11. The second kappa shape index (κ2) is 6.71. The molecule has 0 amide bonds. The van der Waals surface area contributed by atoms with Gasteiger partial charge in [-0.2, -0.15) is 0 Å². The number of aromatic amines is 1. The average molecular weight is 366 g/mol. The number of imidazole rings is 1. The summed E-state index contributed by atoms with van der Waals surface area (Å²) >= 11 is 12.3. The quantitative estimate of drug-likeness (QED) is 0.475. The lowest BCUT2D eigenvalue weighted by atomic mass is 10.1. The van der Waals surface area contributed by atoms with Gasteiger partial charge in [0.25, 0.3) is 0 Å². The molecule has 0 saturated heterocycles. The first kappa shape index (κ1) is 15.9. The molecule has 2 heterocycles. The number of H-pyrrole nitrogens is 1. The third kappa shape index (κ3) is 3.16. The van der Waals surface area contributed by atoms with Gasteiger partial charge in [-0.25, -0.2) is 4.98 Å². The Bertz CT molecular complexity index is 1010. The molecule has 1 N–H and O–H groups in total. The normalized spacial score (nSPS) is 10.8. The summed E-state index contributed by atoms with van der Waals surface area (Å²) in [4.78, 5) is 12.3. The number of halogens is 2. The number of aromatic nitrogens is 3. The molecule has 0 aliphatic rings. The van der Waals surface area contributed by atoms with Crippen LogP contribution in [0.2, 0.25) is 10.0 Å². The number of benzene rings is 2. The Morgan fingerprint density at radius 2 is 1.48 bits per heavy atom. The Balaban J connectivity index is 1.92. The van der Waals surface area contributed by atoms with Gasteiger partial charge in [0.05, 0.1) is 21.4 Å². The zero-order valence-electron chi connectivity index (χ0n) is 13.1. The van der Waals surface area contributed by atoms with E-state index in [0.717, 1.165) is 33.9 Å². The number of pyridine rings is 1. The molecule has 0 atom stereocenters. The summed E-state index contributed by atoms with van der Waals surface area (Å²) in [7, 11) is 0. The van der Waals surface area contributed by atoms with Crippen LogP contribution in [0, 0.1) is 0 Å². The van der Waals surface area contributed by atoms with E-state index in [1.165, 1.54) is 0 Å². The lowest BCUT2D eigenvalue weighted by Gasteiger charge is -2.04. The molecule has 0 saturated carbocycles. The van der Waals surface area contributed by atoms with E-state index in [0.29, 0.717) is 10.0 Å². The third-order valence-corrected chi connectivity index (χ3v) is 4.65. The predicted molar refractivity (Wildman–Crippen MR) is 103 cm³/mol. The Hall–Kier alpha value is -2.62. The molecule has 3 nitrogen and oxygen atoms in total. The van der Waals surface area contributed by atoms with Crippen molar-refractivity contribution in [1.82, 2.24) is 15.0 Å². The van der Waals surface area contributed by atoms with Gasteiger partial charge >= 0.3 is 0 Å². The van der Waals surface area contributed by atoms with Crippen molar-refractivity contribution in [2.45, 2.75) is 0 Å². The first-order valence-electron chi connectivity index (χ1n) is 7.73. The molecule has 0 aliphatic carbocycles. The Morgan fingerprint density at radius 1 is 0.720 bits per heavy atom. The maximum Gasteiger partial charge on any atom is 0.138 e. The second-order valence-corrected chi connectivity index (χ2v) is 6.35. The summed E-state index contributed by atoms with van der Waals surface area (Å²) in [5.74, 6) is 0.800. The molecule has 0 fully saturated rings. The zero-order chi connectivity index (χ0) is 17.2. The van der Waals surface area contributed by atoms with Crippen LogP contribution in [0.4, 0.5) is 0 Å². The highest BCUT2D eigenvalue weighted by Gasteiger charge is 2.16. The van der Waals surface area contributed by atoms with E-state index in [-0.39, 0.29) is 0 Å². The minimum absolute atomic E-state index is 0.504. The monoisotopic (exact) mass is 365 g/mol. The van der Waals surface area contributed by atoms with Crippen LogP contribution >= 0.6 is 23.2 Å². The van der Waals surface area contributed by atoms with Crippen molar-refractivity contribution in [2.24, 2.45) is 0 Å². The fourth-order valence-corrected chi connectivity index (χ4v) is 2.98. The van der Waals surface area contributed by atoms with Crippen molar-refractivity contribution in [1.29, 1.82) is 0 Å². The van der Waals surface area contributed by atoms with Crippen molar-refractivity contribution in [3.05, 3.63) is 83.1 Å². The highest BCUT2D eigenvalue weighted by molar-refractivity contribution is 6.42. The Morgan fingerprint density at radius 3 is 2.20 bits per heavy atom. The fourth-order valence-electron chi connectivity index (χ4n) is 2.69. The number of rotatable bonds is 3. The lowest BCUT2D eigenvalue weighted by Crippen LogP contribution is -1.84. The summed E-state index contributed by atoms with van der Waals surface area (Å²) in [6.45, 7) is 0. The van der Waals surface area contributed by atoms with Crippen LogP contribution in [-0.2, 0) is 0 Å². The van der Waals surface area contributed by atoms with Gasteiger partial charge in [0.2, 0.25) is 0 Å². The van der Waals surface area contributed by atoms with Gasteiger partial charge < -0.3 is 4.98 Å². The smallest absolute Gasteiger partial charge is 0.138 e. The number of hydrogen-bond acceptors (Lipinski definition) is 2. The van der Waals surface area contributed by atoms with Gasteiger partial charge in [-0.3, -0.25) is 4.98 Å². The van der Waals surface area contributed by atoms with Crippen LogP contribution in [0.25, 0.3) is 33.9 Å². The first-order chi connectivity index (χ1) is 12.2. The van der Waals surface area contributed by atoms with Crippen molar-refractivity contribution < 1.29 is 0 Å². The average Bonchev–Trinajstić information content (AvgIpc) is 3.11. The topological polar surface area (TPSA) is 41.6 Å². The maximum atomic E-state index is 6.21. The van der Waals surface area contributed by atoms with Crippen molar-refractivity contribution in [2.75, 3.05) is 0 Å². The molecule has 2 aromatic heterocycles. The van der Waals surface area contributed by atoms with Crippen LogP contribution < -0.4 is 0 Å². The molecule has 2 aromatic carbocycles. The van der Waals surface area contributed by atoms with Gasteiger partial charge in [-0.1, -0.05) is 59.6 Å². The molecule has 5 heteroatoms. The van der Waals surface area contributed by atoms with Crippen molar-refractivity contribution in [3.63, 3.8) is 0 Å². The molecule has 122 valence electrons. The molecule has 4 aromatic rings. The van der Waals surface area contributed by atoms with E-state index < -0.39 is 0 Å². The zero-order valence-corrected chi connectivity index (χ0v) is 14.6. The van der Waals surface area contributed by atoms with E-state index in [4.69, 9.17) is 28.2 Å². The van der Waals surface area contributed by atoms with Crippen LogP contribution in [0.15, 0.2) is 73.1 Å². The number of nitrogens with zero attached hydrogens (tertiary/aromatic N) is 2. The lowest BCUT2D eigenvalue weighted by molar-refractivity contribution is 1.30.